The van der Waals surface area contributed by atoms with Gasteiger partial charge in [-0.15, -0.1) is 0 Å². The fraction of sp³-hybridized carbons (Fsp3) is 1.00. The standard InChI is InChI=1S/C11H24N2/c1-3-4-10(2)9-13-7-5-11(12)6-8-13/h10-11H,3-9,12H2,1-2H3. The van der Waals surface area contributed by atoms with E-state index >= 15 is 0 Å². The summed E-state index contributed by atoms with van der Waals surface area (Å²) in [6.45, 7) is 8.34. The summed E-state index contributed by atoms with van der Waals surface area (Å²) in [5.41, 5.74) is 5.86. The van der Waals surface area contributed by atoms with Gasteiger partial charge in [0.1, 0.15) is 0 Å². The molecule has 0 bridgehead atoms. The Morgan fingerprint density at radius 3 is 2.54 bits per heavy atom. The van der Waals surface area contributed by atoms with Crippen LogP contribution in [0.3, 0.4) is 0 Å². The minimum atomic E-state index is 0.470. The Labute approximate surface area is 82.5 Å². The van der Waals surface area contributed by atoms with Gasteiger partial charge < -0.3 is 10.6 Å². The number of piperidine rings is 1. The summed E-state index contributed by atoms with van der Waals surface area (Å²) < 4.78 is 0. The Morgan fingerprint density at radius 2 is 2.00 bits per heavy atom. The van der Waals surface area contributed by atoms with Crippen molar-refractivity contribution in [3.8, 4) is 0 Å². The second kappa shape index (κ2) is 5.61. The third-order valence-electron chi connectivity index (χ3n) is 2.98. The van der Waals surface area contributed by atoms with E-state index in [9.17, 15) is 0 Å². The summed E-state index contributed by atoms with van der Waals surface area (Å²) in [7, 11) is 0. The first-order valence-corrected chi connectivity index (χ1v) is 5.70. The smallest absolute Gasteiger partial charge is 0.00631 e. The third kappa shape index (κ3) is 4.10. The van der Waals surface area contributed by atoms with Crippen LogP contribution in [0.15, 0.2) is 0 Å². The highest BCUT2D eigenvalue weighted by Gasteiger charge is 2.17. The second-order valence-corrected chi connectivity index (χ2v) is 4.53. The van der Waals surface area contributed by atoms with Crippen LogP contribution in [0.1, 0.15) is 39.5 Å². The maximum atomic E-state index is 5.86. The maximum Gasteiger partial charge on any atom is 0.00631 e. The zero-order valence-corrected chi connectivity index (χ0v) is 9.13. The predicted octanol–water partition coefficient (Wildman–Crippen LogP) is 1.85. The summed E-state index contributed by atoms with van der Waals surface area (Å²) in [5.74, 6) is 0.860. The van der Waals surface area contributed by atoms with Crippen LogP contribution >= 0.6 is 0 Å². The van der Waals surface area contributed by atoms with Crippen LogP contribution in [0, 0.1) is 5.92 Å². The van der Waals surface area contributed by atoms with Gasteiger partial charge in [0.25, 0.3) is 0 Å². The highest BCUT2D eigenvalue weighted by Crippen LogP contribution is 2.13. The van der Waals surface area contributed by atoms with Crippen molar-refractivity contribution in [3.63, 3.8) is 0 Å². The van der Waals surface area contributed by atoms with Gasteiger partial charge in [-0.3, -0.25) is 0 Å². The van der Waals surface area contributed by atoms with Crippen molar-refractivity contribution in [2.24, 2.45) is 11.7 Å². The monoisotopic (exact) mass is 184 g/mol. The lowest BCUT2D eigenvalue weighted by Gasteiger charge is -2.31. The SMILES string of the molecule is CCCC(C)CN1CCC(N)CC1. The van der Waals surface area contributed by atoms with E-state index in [0.29, 0.717) is 6.04 Å². The quantitative estimate of drug-likeness (QED) is 0.722. The van der Waals surface area contributed by atoms with E-state index in [0.717, 1.165) is 5.92 Å². The molecule has 2 N–H and O–H groups in total. The Morgan fingerprint density at radius 1 is 1.38 bits per heavy atom. The molecule has 13 heavy (non-hydrogen) atoms. The molecule has 1 aliphatic heterocycles. The first-order valence-electron chi connectivity index (χ1n) is 5.70. The Kier molecular flexibility index (Phi) is 4.74. The molecule has 0 saturated carbocycles. The largest absolute Gasteiger partial charge is 0.328 e. The van der Waals surface area contributed by atoms with Gasteiger partial charge in [0.2, 0.25) is 0 Å². The average molecular weight is 184 g/mol. The first kappa shape index (κ1) is 11.0. The van der Waals surface area contributed by atoms with Crippen LogP contribution in [-0.4, -0.2) is 30.6 Å². The molecule has 1 atom stereocenters. The third-order valence-corrected chi connectivity index (χ3v) is 2.98. The summed E-state index contributed by atoms with van der Waals surface area (Å²) in [5, 5.41) is 0. The van der Waals surface area contributed by atoms with Gasteiger partial charge in [-0.1, -0.05) is 20.3 Å². The van der Waals surface area contributed by atoms with Crippen molar-refractivity contribution < 1.29 is 0 Å². The van der Waals surface area contributed by atoms with E-state index in [4.69, 9.17) is 5.73 Å². The molecule has 0 aromatic rings. The summed E-state index contributed by atoms with van der Waals surface area (Å²) >= 11 is 0. The molecular weight excluding hydrogens is 160 g/mol. The second-order valence-electron chi connectivity index (χ2n) is 4.53. The Balaban J connectivity index is 2.14. The molecular formula is C11H24N2. The van der Waals surface area contributed by atoms with Gasteiger partial charge in [-0.05, 0) is 38.3 Å². The highest BCUT2D eigenvalue weighted by molar-refractivity contribution is 4.74. The molecule has 0 spiro atoms. The molecule has 0 aliphatic carbocycles. The van der Waals surface area contributed by atoms with Crippen molar-refractivity contribution in [2.75, 3.05) is 19.6 Å². The number of rotatable bonds is 4. The first-order chi connectivity index (χ1) is 6.22. The van der Waals surface area contributed by atoms with Crippen molar-refractivity contribution in [1.29, 1.82) is 0 Å². The fourth-order valence-corrected chi connectivity index (χ4v) is 2.16. The molecule has 1 heterocycles. The van der Waals surface area contributed by atoms with Crippen LogP contribution in [0.25, 0.3) is 0 Å². The van der Waals surface area contributed by atoms with Crippen LogP contribution in [0.5, 0.6) is 0 Å². The minimum absolute atomic E-state index is 0.470. The average Bonchev–Trinajstić information content (AvgIpc) is 2.09. The Hall–Kier alpha value is -0.0800. The van der Waals surface area contributed by atoms with E-state index in [1.165, 1.54) is 45.3 Å². The molecule has 0 aromatic carbocycles. The van der Waals surface area contributed by atoms with E-state index in [1.54, 1.807) is 0 Å². The lowest BCUT2D eigenvalue weighted by molar-refractivity contribution is 0.184. The van der Waals surface area contributed by atoms with Crippen LogP contribution < -0.4 is 5.73 Å². The van der Waals surface area contributed by atoms with Crippen LogP contribution in [-0.2, 0) is 0 Å². The minimum Gasteiger partial charge on any atom is -0.328 e. The summed E-state index contributed by atoms with van der Waals surface area (Å²) in [6, 6.07) is 0.470. The van der Waals surface area contributed by atoms with Crippen molar-refractivity contribution in [2.45, 2.75) is 45.6 Å². The van der Waals surface area contributed by atoms with Gasteiger partial charge in [0, 0.05) is 12.6 Å². The summed E-state index contributed by atoms with van der Waals surface area (Å²) in [6.07, 6.45) is 5.06. The number of likely N-dealkylation sites (tertiary alicyclic amines) is 1. The van der Waals surface area contributed by atoms with Gasteiger partial charge in [0.15, 0.2) is 0 Å². The van der Waals surface area contributed by atoms with E-state index in [-0.39, 0.29) is 0 Å². The van der Waals surface area contributed by atoms with Gasteiger partial charge in [0.05, 0.1) is 0 Å². The molecule has 1 aliphatic rings. The van der Waals surface area contributed by atoms with E-state index in [2.05, 4.69) is 18.7 Å². The molecule has 0 aromatic heterocycles. The molecule has 1 rings (SSSR count). The number of nitrogens with zero attached hydrogens (tertiary/aromatic N) is 1. The molecule has 1 unspecified atom stereocenters. The normalized spacial score (nSPS) is 23.3. The summed E-state index contributed by atoms with van der Waals surface area (Å²) in [4.78, 5) is 2.57. The number of nitrogens with two attached hydrogens (primary N) is 1. The number of hydrogen-bond acceptors (Lipinski definition) is 2. The topological polar surface area (TPSA) is 29.3 Å². The molecule has 2 heteroatoms. The zero-order chi connectivity index (χ0) is 9.68. The van der Waals surface area contributed by atoms with Crippen molar-refractivity contribution in [3.05, 3.63) is 0 Å². The lowest BCUT2D eigenvalue weighted by Crippen LogP contribution is -2.41. The van der Waals surface area contributed by atoms with E-state index < -0.39 is 0 Å². The van der Waals surface area contributed by atoms with Gasteiger partial charge in [-0.2, -0.15) is 0 Å². The van der Waals surface area contributed by atoms with Gasteiger partial charge in [-0.25, -0.2) is 0 Å². The lowest BCUT2D eigenvalue weighted by atomic mass is 10.0. The van der Waals surface area contributed by atoms with Gasteiger partial charge >= 0.3 is 0 Å². The molecule has 1 saturated heterocycles. The van der Waals surface area contributed by atoms with Crippen molar-refractivity contribution >= 4 is 0 Å². The predicted molar refractivity (Wildman–Crippen MR) is 57.7 cm³/mol. The van der Waals surface area contributed by atoms with Crippen LogP contribution in [0.4, 0.5) is 0 Å². The van der Waals surface area contributed by atoms with Crippen LogP contribution in [0.2, 0.25) is 0 Å². The molecule has 1 fully saturated rings. The maximum absolute atomic E-state index is 5.86. The number of hydrogen-bond donors (Lipinski definition) is 1. The molecule has 0 amide bonds. The van der Waals surface area contributed by atoms with E-state index in [1.807, 2.05) is 0 Å². The highest BCUT2D eigenvalue weighted by atomic mass is 15.1. The van der Waals surface area contributed by atoms with Crippen molar-refractivity contribution in [1.82, 2.24) is 4.90 Å². The zero-order valence-electron chi connectivity index (χ0n) is 9.13. The molecule has 0 radical (unpaired) electrons. The fourth-order valence-electron chi connectivity index (χ4n) is 2.16. The Bertz CT molecular complexity index is 128. The molecule has 78 valence electrons. The molecule has 2 nitrogen and oxygen atoms in total.